The van der Waals surface area contributed by atoms with Gasteiger partial charge in [0.15, 0.2) is 5.65 Å². The lowest BCUT2D eigenvalue weighted by atomic mass is 10.2. The van der Waals surface area contributed by atoms with Crippen LogP contribution in [0.15, 0.2) is 18.5 Å². The molecule has 0 fully saturated rings. The molecule has 0 atom stereocenters. The highest BCUT2D eigenvalue weighted by Gasteiger charge is 2.28. The Bertz CT molecular complexity index is 633. The molecular formula is C12H13F3N4O. The summed E-state index contributed by atoms with van der Waals surface area (Å²) < 4.78 is 37.8. The van der Waals surface area contributed by atoms with Crippen molar-refractivity contribution in [1.82, 2.24) is 20.1 Å². The van der Waals surface area contributed by atoms with Crippen LogP contribution in [0.3, 0.4) is 0 Å². The molecular weight excluding hydrogens is 273 g/mol. The molecule has 20 heavy (non-hydrogen) atoms. The molecule has 5 nitrogen and oxygen atoms in total. The van der Waals surface area contributed by atoms with Gasteiger partial charge in [0.05, 0.1) is 11.8 Å². The number of nitrogens with one attached hydrogen (secondary N) is 1. The number of hydrogen-bond donors (Lipinski definition) is 1. The molecule has 2 aromatic heterocycles. The highest BCUT2D eigenvalue weighted by atomic mass is 19.4. The average molecular weight is 286 g/mol. The van der Waals surface area contributed by atoms with Crippen molar-refractivity contribution in [1.29, 1.82) is 0 Å². The van der Waals surface area contributed by atoms with Gasteiger partial charge in [-0.15, -0.1) is 0 Å². The van der Waals surface area contributed by atoms with Crippen LogP contribution in [0.2, 0.25) is 0 Å². The van der Waals surface area contributed by atoms with Crippen molar-refractivity contribution in [2.24, 2.45) is 0 Å². The number of halogens is 3. The molecule has 0 unspecified atom stereocenters. The second kappa shape index (κ2) is 5.10. The van der Waals surface area contributed by atoms with Crippen molar-refractivity contribution >= 4 is 16.9 Å². The van der Waals surface area contributed by atoms with Gasteiger partial charge >= 0.3 is 6.18 Å². The summed E-state index contributed by atoms with van der Waals surface area (Å²) in [4.78, 5) is 15.7. The Morgan fingerprint density at radius 2 is 2.10 bits per heavy atom. The van der Waals surface area contributed by atoms with Gasteiger partial charge in [-0.05, 0) is 19.9 Å². The molecule has 108 valence electrons. The van der Waals surface area contributed by atoms with Crippen LogP contribution >= 0.6 is 0 Å². The van der Waals surface area contributed by atoms with Gasteiger partial charge in [-0.3, -0.25) is 4.79 Å². The summed E-state index contributed by atoms with van der Waals surface area (Å²) in [5.41, 5.74) is 0.664. The van der Waals surface area contributed by atoms with Crippen molar-refractivity contribution in [3.8, 4) is 0 Å². The summed E-state index contributed by atoms with van der Waals surface area (Å²) in [6, 6.07) is 1.57. The SMILES string of the molecule is CC(C)n1ncc2cc(C(=O)NCC(F)(F)F)cnc21. The molecule has 0 spiro atoms. The van der Waals surface area contributed by atoms with Gasteiger partial charge in [0.1, 0.15) is 6.54 Å². The van der Waals surface area contributed by atoms with E-state index in [2.05, 4.69) is 10.1 Å². The monoisotopic (exact) mass is 286 g/mol. The first-order valence-corrected chi connectivity index (χ1v) is 5.96. The molecule has 8 heteroatoms. The molecule has 2 rings (SSSR count). The zero-order chi connectivity index (χ0) is 14.9. The number of carbonyl (C=O) groups excluding carboxylic acids is 1. The summed E-state index contributed by atoms with van der Waals surface area (Å²) in [6.07, 6.45) is -1.66. The van der Waals surface area contributed by atoms with E-state index >= 15 is 0 Å². The Balaban J connectivity index is 2.22. The smallest absolute Gasteiger partial charge is 0.343 e. The number of amides is 1. The average Bonchev–Trinajstić information content (AvgIpc) is 2.77. The van der Waals surface area contributed by atoms with E-state index in [1.54, 1.807) is 10.00 Å². The minimum Gasteiger partial charge on any atom is -0.343 e. The molecule has 1 amide bonds. The quantitative estimate of drug-likeness (QED) is 0.941. The maximum atomic E-state index is 12.0. The fraction of sp³-hybridized carbons (Fsp3) is 0.417. The third-order valence-corrected chi connectivity index (χ3v) is 2.63. The maximum absolute atomic E-state index is 12.0. The number of rotatable bonds is 3. The number of pyridine rings is 1. The van der Waals surface area contributed by atoms with E-state index in [4.69, 9.17) is 0 Å². The van der Waals surface area contributed by atoms with E-state index in [0.29, 0.717) is 11.0 Å². The molecule has 0 aliphatic rings. The summed E-state index contributed by atoms with van der Waals surface area (Å²) in [7, 11) is 0. The van der Waals surface area contributed by atoms with E-state index < -0.39 is 18.6 Å². The Labute approximate surface area is 112 Å². The van der Waals surface area contributed by atoms with Crippen LogP contribution in [-0.4, -0.2) is 33.4 Å². The summed E-state index contributed by atoms with van der Waals surface area (Å²) >= 11 is 0. The van der Waals surface area contributed by atoms with Crippen molar-refractivity contribution in [3.63, 3.8) is 0 Å². The molecule has 1 N–H and O–H groups in total. The first-order chi connectivity index (χ1) is 9.28. The third kappa shape index (κ3) is 3.06. The normalized spacial score (nSPS) is 12.1. The van der Waals surface area contributed by atoms with Gasteiger partial charge in [-0.1, -0.05) is 0 Å². The maximum Gasteiger partial charge on any atom is 0.405 e. The molecule has 0 aliphatic heterocycles. The minimum absolute atomic E-state index is 0.0741. The van der Waals surface area contributed by atoms with Crippen molar-refractivity contribution in [2.45, 2.75) is 26.1 Å². The largest absolute Gasteiger partial charge is 0.405 e. The van der Waals surface area contributed by atoms with E-state index in [1.807, 2.05) is 13.8 Å². The van der Waals surface area contributed by atoms with Gasteiger partial charge in [-0.25, -0.2) is 9.67 Å². The molecule has 0 aliphatic carbocycles. The van der Waals surface area contributed by atoms with Gasteiger partial charge in [0.25, 0.3) is 5.91 Å². The lowest BCUT2D eigenvalue weighted by Gasteiger charge is -2.09. The van der Waals surface area contributed by atoms with Crippen LogP contribution in [0.1, 0.15) is 30.2 Å². The van der Waals surface area contributed by atoms with Crippen molar-refractivity contribution in [3.05, 3.63) is 24.0 Å². The predicted molar refractivity (Wildman–Crippen MR) is 66.3 cm³/mol. The lowest BCUT2D eigenvalue weighted by molar-refractivity contribution is -0.123. The van der Waals surface area contributed by atoms with Crippen LogP contribution in [0, 0.1) is 0 Å². The molecule has 0 saturated heterocycles. The van der Waals surface area contributed by atoms with Crippen LogP contribution in [0.4, 0.5) is 13.2 Å². The van der Waals surface area contributed by atoms with E-state index in [0.717, 1.165) is 0 Å². The standard InChI is InChI=1S/C12H13F3N4O/c1-7(2)19-10-8(5-18-19)3-9(4-16-10)11(20)17-6-12(13,14)15/h3-5,7H,6H2,1-2H3,(H,17,20). The molecule has 0 saturated carbocycles. The summed E-state index contributed by atoms with van der Waals surface area (Å²) in [5, 5.41) is 6.53. The van der Waals surface area contributed by atoms with Crippen LogP contribution in [0.25, 0.3) is 11.0 Å². The Morgan fingerprint density at radius 1 is 1.40 bits per heavy atom. The molecule has 0 bridgehead atoms. The number of nitrogens with zero attached hydrogens (tertiary/aromatic N) is 3. The predicted octanol–water partition coefficient (Wildman–Crippen LogP) is 2.30. The first-order valence-electron chi connectivity index (χ1n) is 5.96. The first kappa shape index (κ1) is 14.3. The number of carbonyl (C=O) groups is 1. The zero-order valence-corrected chi connectivity index (χ0v) is 10.9. The van der Waals surface area contributed by atoms with Crippen LogP contribution < -0.4 is 5.32 Å². The van der Waals surface area contributed by atoms with E-state index in [-0.39, 0.29) is 11.6 Å². The van der Waals surface area contributed by atoms with E-state index in [9.17, 15) is 18.0 Å². The Hall–Kier alpha value is -2.12. The molecule has 2 aromatic rings. The number of fused-ring (bicyclic) bond motifs is 1. The second-order valence-corrected chi connectivity index (χ2v) is 4.62. The van der Waals surface area contributed by atoms with Gasteiger partial charge in [0.2, 0.25) is 0 Å². The second-order valence-electron chi connectivity index (χ2n) is 4.62. The highest BCUT2D eigenvalue weighted by molar-refractivity contribution is 5.96. The molecule has 0 radical (unpaired) electrons. The number of aromatic nitrogens is 3. The minimum atomic E-state index is -4.43. The Morgan fingerprint density at radius 3 is 2.70 bits per heavy atom. The lowest BCUT2D eigenvalue weighted by Crippen LogP contribution is -2.33. The number of hydrogen-bond acceptors (Lipinski definition) is 3. The van der Waals surface area contributed by atoms with Crippen molar-refractivity contribution < 1.29 is 18.0 Å². The van der Waals surface area contributed by atoms with Gasteiger partial charge in [0, 0.05) is 17.6 Å². The van der Waals surface area contributed by atoms with Gasteiger partial charge < -0.3 is 5.32 Å². The topological polar surface area (TPSA) is 59.8 Å². The molecule has 2 heterocycles. The third-order valence-electron chi connectivity index (χ3n) is 2.63. The molecule has 0 aromatic carbocycles. The van der Waals surface area contributed by atoms with Crippen LogP contribution in [0.5, 0.6) is 0 Å². The van der Waals surface area contributed by atoms with Crippen LogP contribution in [-0.2, 0) is 0 Å². The summed E-state index contributed by atoms with van der Waals surface area (Å²) in [6.45, 7) is 2.49. The zero-order valence-electron chi connectivity index (χ0n) is 10.9. The van der Waals surface area contributed by atoms with Gasteiger partial charge in [-0.2, -0.15) is 18.3 Å². The van der Waals surface area contributed by atoms with E-state index in [1.165, 1.54) is 18.5 Å². The highest BCUT2D eigenvalue weighted by Crippen LogP contribution is 2.17. The fourth-order valence-corrected chi connectivity index (χ4v) is 1.72. The Kier molecular flexibility index (Phi) is 3.65. The number of alkyl halides is 3. The summed E-state index contributed by atoms with van der Waals surface area (Å²) in [5.74, 6) is -0.811. The van der Waals surface area contributed by atoms with Crippen molar-refractivity contribution in [2.75, 3.05) is 6.54 Å². The fourth-order valence-electron chi connectivity index (χ4n) is 1.72.